The van der Waals surface area contributed by atoms with E-state index in [1.54, 1.807) is 34.4 Å². The van der Waals surface area contributed by atoms with E-state index in [0.717, 1.165) is 5.69 Å². The minimum Gasteiger partial charge on any atom is -0.335 e. The first kappa shape index (κ1) is 17.3. The molecule has 0 radical (unpaired) electrons. The first-order valence-corrected chi connectivity index (χ1v) is 8.94. The molecule has 1 aliphatic rings. The van der Waals surface area contributed by atoms with Crippen LogP contribution in [0.4, 0.5) is 9.18 Å². The summed E-state index contributed by atoms with van der Waals surface area (Å²) in [6.07, 6.45) is 0. The summed E-state index contributed by atoms with van der Waals surface area (Å²) in [5.74, 6) is -0.590. The average molecular weight is 362 g/mol. The Bertz CT molecular complexity index is 758. The number of benzene rings is 1. The molecule has 25 heavy (non-hydrogen) atoms. The number of thiazole rings is 1. The first-order chi connectivity index (χ1) is 12.0. The summed E-state index contributed by atoms with van der Waals surface area (Å²) in [5.41, 5.74) is 3.40. The van der Waals surface area contributed by atoms with Crippen molar-refractivity contribution in [2.75, 3.05) is 26.2 Å². The summed E-state index contributed by atoms with van der Waals surface area (Å²) in [5, 5.41) is 4.71. The van der Waals surface area contributed by atoms with Crippen LogP contribution >= 0.6 is 11.3 Å². The molecule has 132 valence electrons. The molecular formula is C17H19FN4O2S. The van der Waals surface area contributed by atoms with Crippen LogP contribution in [0.3, 0.4) is 0 Å². The highest BCUT2D eigenvalue weighted by molar-refractivity contribution is 7.07. The van der Waals surface area contributed by atoms with E-state index in [4.69, 9.17) is 0 Å². The number of carbonyl (C=O) groups excluding carboxylic acids is 2. The Labute approximate surface area is 149 Å². The number of aromatic nitrogens is 1. The maximum Gasteiger partial charge on any atom is 0.317 e. The average Bonchev–Trinajstić information content (AvgIpc) is 3.15. The summed E-state index contributed by atoms with van der Waals surface area (Å²) in [6.45, 7) is 3.81. The van der Waals surface area contributed by atoms with E-state index < -0.39 is 0 Å². The van der Waals surface area contributed by atoms with Gasteiger partial charge in [-0.05, 0) is 24.6 Å². The monoisotopic (exact) mass is 362 g/mol. The molecule has 2 aromatic rings. The van der Waals surface area contributed by atoms with Crippen LogP contribution in [0.2, 0.25) is 0 Å². The van der Waals surface area contributed by atoms with Crippen molar-refractivity contribution in [1.82, 2.24) is 20.1 Å². The number of piperazine rings is 1. The van der Waals surface area contributed by atoms with Gasteiger partial charge in [-0.2, -0.15) is 0 Å². The summed E-state index contributed by atoms with van der Waals surface area (Å²) >= 11 is 1.48. The van der Waals surface area contributed by atoms with Crippen molar-refractivity contribution >= 4 is 23.3 Å². The van der Waals surface area contributed by atoms with E-state index in [-0.39, 0.29) is 17.8 Å². The van der Waals surface area contributed by atoms with Gasteiger partial charge >= 0.3 is 6.03 Å². The molecule has 0 bridgehead atoms. The second-order valence-electron chi connectivity index (χ2n) is 5.88. The number of urea groups is 1. The Hall–Kier alpha value is -2.48. The number of rotatable bonds is 3. The molecule has 1 saturated heterocycles. The van der Waals surface area contributed by atoms with Gasteiger partial charge in [0.25, 0.3) is 5.91 Å². The minimum absolute atomic E-state index is 0.165. The Balaban J connectivity index is 1.51. The Kier molecular flexibility index (Phi) is 5.28. The van der Waals surface area contributed by atoms with Crippen LogP contribution < -0.4 is 5.32 Å². The van der Waals surface area contributed by atoms with Crippen LogP contribution in [0.5, 0.6) is 0 Å². The van der Waals surface area contributed by atoms with Gasteiger partial charge in [-0.25, -0.2) is 14.2 Å². The molecular weight excluding hydrogens is 343 g/mol. The van der Waals surface area contributed by atoms with Crippen LogP contribution in [-0.2, 0) is 6.54 Å². The zero-order valence-corrected chi connectivity index (χ0v) is 14.7. The molecule has 1 aliphatic heterocycles. The molecule has 1 fully saturated rings. The molecule has 0 saturated carbocycles. The summed E-state index contributed by atoms with van der Waals surface area (Å²) in [7, 11) is 0. The normalized spacial score (nSPS) is 14.5. The predicted octanol–water partition coefficient (Wildman–Crippen LogP) is 2.26. The fraction of sp³-hybridized carbons (Fsp3) is 0.353. The van der Waals surface area contributed by atoms with Crippen LogP contribution in [-0.4, -0.2) is 52.9 Å². The first-order valence-electron chi connectivity index (χ1n) is 8.00. The van der Waals surface area contributed by atoms with Gasteiger partial charge in [0.2, 0.25) is 0 Å². The highest BCUT2D eigenvalue weighted by Crippen LogP contribution is 2.13. The van der Waals surface area contributed by atoms with Gasteiger partial charge < -0.3 is 15.1 Å². The van der Waals surface area contributed by atoms with E-state index >= 15 is 0 Å². The van der Waals surface area contributed by atoms with Gasteiger partial charge in [0.15, 0.2) is 0 Å². The van der Waals surface area contributed by atoms with Crippen LogP contribution in [0.1, 0.15) is 21.6 Å². The van der Waals surface area contributed by atoms with Crippen molar-refractivity contribution in [3.8, 4) is 0 Å². The molecule has 3 rings (SSSR count). The highest BCUT2D eigenvalue weighted by Gasteiger charge is 2.25. The van der Waals surface area contributed by atoms with Gasteiger partial charge in [-0.3, -0.25) is 4.79 Å². The third kappa shape index (κ3) is 4.14. The fourth-order valence-corrected chi connectivity index (χ4v) is 3.18. The number of nitrogens with zero attached hydrogens (tertiary/aromatic N) is 3. The van der Waals surface area contributed by atoms with Crippen molar-refractivity contribution in [1.29, 1.82) is 0 Å². The largest absolute Gasteiger partial charge is 0.335 e. The van der Waals surface area contributed by atoms with Gasteiger partial charge in [0, 0.05) is 37.1 Å². The SMILES string of the molecule is Cc1ccc(C(=O)N2CCN(C(=O)NCc3cscn3)CC2)cc1F. The number of amides is 3. The molecule has 0 unspecified atom stereocenters. The van der Waals surface area contributed by atoms with E-state index in [1.807, 2.05) is 5.38 Å². The van der Waals surface area contributed by atoms with Crippen molar-refractivity contribution in [3.05, 3.63) is 51.7 Å². The predicted molar refractivity (Wildman–Crippen MR) is 93.0 cm³/mol. The van der Waals surface area contributed by atoms with Gasteiger partial charge in [-0.15, -0.1) is 11.3 Å². The molecule has 1 aromatic carbocycles. The Morgan fingerprint density at radius 1 is 1.24 bits per heavy atom. The maximum atomic E-state index is 13.6. The smallest absolute Gasteiger partial charge is 0.317 e. The number of halogens is 1. The molecule has 1 aromatic heterocycles. The maximum absolute atomic E-state index is 13.6. The lowest BCUT2D eigenvalue weighted by Gasteiger charge is -2.34. The molecule has 1 N–H and O–H groups in total. The topological polar surface area (TPSA) is 65.5 Å². The second-order valence-corrected chi connectivity index (χ2v) is 6.60. The molecule has 0 atom stereocenters. The molecule has 0 spiro atoms. The lowest BCUT2D eigenvalue weighted by atomic mass is 10.1. The Morgan fingerprint density at radius 2 is 1.96 bits per heavy atom. The summed E-state index contributed by atoms with van der Waals surface area (Å²) in [4.78, 5) is 32.1. The molecule has 8 heteroatoms. The fourth-order valence-electron chi connectivity index (χ4n) is 2.62. The van der Waals surface area contributed by atoms with Crippen LogP contribution in [0.25, 0.3) is 0 Å². The van der Waals surface area contributed by atoms with E-state index in [0.29, 0.717) is 43.9 Å². The van der Waals surface area contributed by atoms with Crippen molar-refractivity contribution in [2.24, 2.45) is 0 Å². The summed E-state index contributed by atoms with van der Waals surface area (Å²) in [6, 6.07) is 4.34. The number of hydrogen-bond donors (Lipinski definition) is 1. The molecule has 2 heterocycles. The molecule has 6 nitrogen and oxygen atoms in total. The van der Waals surface area contributed by atoms with Crippen LogP contribution in [0.15, 0.2) is 29.1 Å². The highest BCUT2D eigenvalue weighted by atomic mass is 32.1. The molecule has 0 aliphatic carbocycles. The second kappa shape index (κ2) is 7.60. The Morgan fingerprint density at radius 3 is 2.60 bits per heavy atom. The quantitative estimate of drug-likeness (QED) is 0.911. The number of aryl methyl sites for hydroxylation is 1. The van der Waals surface area contributed by atoms with Crippen molar-refractivity contribution in [3.63, 3.8) is 0 Å². The van der Waals surface area contributed by atoms with Crippen molar-refractivity contribution < 1.29 is 14.0 Å². The molecule has 3 amide bonds. The van der Waals surface area contributed by atoms with Gasteiger partial charge in [0.1, 0.15) is 5.82 Å². The summed E-state index contributed by atoms with van der Waals surface area (Å²) < 4.78 is 13.6. The zero-order valence-electron chi connectivity index (χ0n) is 13.9. The lowest BCUT2D eigenvalue weighted by Crippen LogP contribution is -2.53. The standard InChI is InChI=1S/C17H19FN4O2S/c1-12-2-3-13(8-15(12)18)16(23)21-4-6-22(7-5-21)17(24)19-9-14-10-25-11-20-14/h2-3,8,10-11H,4-7,9H2,1H3,(H,19,24). The van der Waals surface area contributed by atoms with Gasteiger partial charge in [0.05, 0.1) is 17.7 Å². The minimum atomic E-state index is -0.383. The lowest BCUT2D eigenvalue weighted by molar-refractivity contribution is 0.0664. The third-order valence-corrected chi connectivity index (χ3v) is 4.81. The zero-order chi connectivity index (χ0) is 17.8. The number of carbonyl (C=O) groups is 2. The van der Waals surface area contributed by atoms with E-state index in [9.17, 15) is 14.0 Å². The van der Waals surface area contributed by atoms with Crippen LogP contribution in [0, 0.1) is 12.7 Å². The van der Waals surface area contributed by atoms with E-state index in [1.165, 1.54) is 17.4 Å². The third-order valence-electron chi connectivity index (χ3n) is 4.18. The van der Waals surface area contributed by atoms with Crippen molar-refractivity contribution in [2.45, 2.75) is 13.5 Å². The van der Waals surface area contributed by atoms with E-state index in [2.05, 4.69) is 10.3 Å². The number of hydrogen-bond acceptors (Lipinski definition) is 4. The van der Waals surface area contributed by atoms with Gasteiger partial charge in [-0.1, -0.05) is 6.07 Å². The number of nitrogens with one attached hydrogen (secondary N) is 1.